The van der Waals surface area contributed by atoms with Crippen LogP contribution >= 0.6 is 0 Å². The van der Waals surface area contributed by atoms with Crippen molar-refractivity contribution >= 4 is 17.5 Å². The summed E-state index contributed by atoms with van der Waals surface area (Å²) in [6.45, 7) is 0. The first-order valence-electron chi connectivity index (χ1n) is 9.50. The zero-order valence-electron chi connectivity index (χ0n) is 15.5. The van der Waals surface area contributed by atoms with Crippen LogP contribution in [-0.4, -0.2) is 17.9 Å². The second-order valence-corrected chi connectivity index (χ2v) is 7.02. The highest BCUT2D eigenvalue weighted by atomic mass is 16.3. The summed E-state index contributed by atoms with van der Waals surface area (Å²) in [6, 6.07) is 18.2. The van der Waals surface area contributed by atoms with Crippen LogP contribution in [0.1, 0.15) is 33.7 Å². The molecule has 2 amide bonds. The Morgan fingerprint density at radius 2 is 1.79 bits per heavy atom. The van der Waals surface area contributed by atoms with Crippen LogP contribution in [0.15, 0.2) is 71.3 Å². The van der Waals surface area contributed by atoms with Gasteiger partial charge in [-0.1, -0.05) is 36.4 Å². The van der Waals surface area contributed by atoms with Crippen molar-refractivity contribution in [2.75, 3.05) is 5.32 Å². The Morgan fingerprint density at radius 1 is 0.964 bits per heavy atom. The Balaban J connectivity index is 1.51. The quantitative estimate of drug-likeness (QED) is 0.690. The topological polar surface area (TPSA) is 71.3 Å². The largest absolute Gasteiger partial charge is 0.459 e. The third-order valence-corrected chi connectivity index (χ3v) is 5.02. The number of hydrogen-bond donors (Lipinski definition) is 2. The van der Waals surface area contributed by atoms with Crippen molar-refractivity contribution in [1.82, 2.24) is 5.32 Å². The van der Waals surface area contributed by atoms with Gasteiger partial charge in [0.1, 0.15) is 6.04 Å². The van der Waals surface area contributed by atoms with E-state index in [0.29, 0.717) is 6.42 Å². The highest BCUT2D eigenvalue weighted by molar-refractivity contribution is 6.00. The monoisotopic (exact) mass is 374 g/mol. The van der Waals surface area contributed by atoms with Gasteiger partial charge < -0.3 is 15.1 Å². The van der Waals surface area contributed by atoms with Gasteiger partial charge in [-0.2, -0.15) is 0 Å². The normalized spacial score (nSPS) is 13.6. The maximum atomic E-state index is 13.0. The van der Waals surface area contributed by atoms with Crippen molar-refractivity contribution in [3.63, 3.8) is 0 Å². The molecule has 5 heteroatoms. The van der Waals surface area contributed by atoms with E-state index in [2.05, 4.69) is 16.7 Å². The molecule has 1 heterocycles. The predicted molar refractivity (Wildman–Crippen MR) is 107 cm³/mol. The van der Waals surface area contributed by atoms with E-state index in [1.54, 1.807) is 12.1 Å². The summed E-state index contributed by atoms with van der Waals surface area (Å²) in [4.78, 5) is 25.4. The molecule has 142 valence electrons. The number of nitrogens with one attached hydrogen (secondary N) is 2. The zero-order chi connectivity index (χ0) is 19.3. The highest BCUT2D eigenvalue weighted by Gasteiger charge is 2.23. The van der Waals surface area contributed by atoms with Crippen LogP contribution in [0.3, 0.4) is 0 Å². The summed E-state index contributed by atoms with van der Waals surface area (Å²) >= 11 is 0. The van der Waals surface area contributed by atoms with E-state index in [9.17, 15) is 9.59 Å². The lowest BCUT2D eigenvalue weighted by Gasteiger charge is -2.18. The molecule has 0 fully saturated rings. The van der Waals surface area contributed by atoms with Gasteiger partial charge in [0.15, 0.2) is 5.76 Å². The number of rotatable bonds is 6. The molecule has 0 unspecified atom stereocenters. The number of aryl methyl sites for hydroxylation is 2. The summed E-state index contributed by atoms with van der Waals surface area (Å²) in [5, 5.41) is 5.75. The second-order valence-electron chi connectivity index (χ2n) is 7.02. The van der Waals surface area contributed by atoms with Gasteiger partial charge in [-0.25, -0.2) is 0 Å². The van der Waals surface area contributed by atoms with Gasteiger partial charge in [-0.05, 0) is 60.2 Å². The minimum atomic E-state index is -0.715. The van der Waals surface area contributed by atoms with Crippen molar-refractivity contribution in [1.29, 1.82) is 0 Å². The molecule has 0 saturated heterocycles. The van der Waals surface area contributed by atoms with E-state index in [0.717, 1.165) is 30.5 Å². The number of carbonyl (C=O) groups is 2. The van der Waals surface area contributed by atoms with Crippen molar-refractivity contribution < 1.29 is 14.0 Å². The molecule has 2 N–H and O–H groups in total. The number of furan rings is 1. The molecule has 0 radical (unpaired) electrons. The molecule has 28 heavy (non-hydrogen) atoms. The van der Waals surface area contributed by atoms with Gasteiger partial charge in [0.2, 0.25) is 5.91 Å². The molecule has 4 rings (SSSR count). The minimum absolute atomic E-state index is 0.184. The third-order valence-electron chi connectivity index (χ3n) is 5.02. The lowest BCUT2D eigenvalue weighted by molar-refractivity contribution is -0.118. The first-order chi connectivity index (χ1) is 13.7. The van der Waals surface area contributed by atoms with Crippen LogP contribution in [0.5, 0.6) is 0 Å². The van der Waals surface area contributed by atoms with Crippen molar-refractivity contribution in [3.05, 3.63) is 89.4 Å². The van der Waals surface area contributed by atoms with E-state index < -0.39 is 11.9 Å². The molecule has 0 aliphatic heterocycles. The third kappa shape index (κ3) is 4.14. The summed E-state index contributed by atoms with van der Waals surface area (Å²) in [5.74, 6) is -0.472. The van der Waals surface area contributed by atoms with Crippen molar-refractivity contribution in [2.24, 2.45) is 0 Å². The van der Waals surface area contributed by atoms with Crippen LogP contribution in [0, 0.1) is 0 Å². The Kier molecular flexibility index (Phi) is 5.24. The number of amides is 2. The molecule has 2 aromatic carbocycles. The Labute approximate surface area is 163 Å². The maximum Gasteiger partial charge on any atom is 0.287 e. The second kappa shape index (κ2) is 8.13. The van der Waals surface area contributed by atoms with Gasteiger partial charge in [-0.3, -0.25) is 9.59 Å². The molecule has 0 bridgehead atoms. The summed E-state index contributed by atoms with van der Waals surface area (Å²) in [7, 11) is 0. The molecular weight excluding hydrogens is 352 g/mol. The smallest absolute Gasteiger partial charge is 0.287 e. The zero-order valence-corrected chi connectivity index (χ0v) is 15.5. The van der Waals surface area contributed by atoms with Crippen molar-refractivity contribution in [3.8, 4) is 0 Å². The van der Waals surface area contributed by atoms with Crippen LogP contribution in [0.25, 0.3) is 0 Å². The Hall–Kier alpha value is -3.34. The van der Waals surface area contributed by atoms with Gasteiger partial charge >= 0.3 is 0 Å². The molecule has 1 aliphatic rings. The number of carbonyl (C=O) groups excluding carboxylic acids is 2. The van der Waals surface area contributed by atoms with Gasteiger partial charge in [0.25, 0.3) is 5.91 Å². The van der Waals surface area contributed by atoms with Gasteiger partial charge in [0.05, 0.1) is 6.26 Å². The minimum Gasteiger partial charge on any atom is -0.459 e. The lowest BCUT2D eigenvalue weighted by Crippen LogP contribution is -2.45. The number of benzene rings is 2. The lowest BCUT2D eigenvalue weighted by atomic mass is 10.0. The summed E-state index contributed by atoms with van der Waals surface area (Å²) < 4.78 is 5.15. The number of fused-ring (bicyclic) bond motifs is 1. The Morgan fingerprint density at radius 3 is 2.57 bits per heavy atom. The van der Waals surface area contributed by atoms with Crippen LogP contribution in [0.4, 0.5) is 5.69 Å². The average molecular weight is 374 g/mol. The maximum absolute atomic E-state index is 13.0. The standard InChI is InChI=1S/C23H22N2O3/c26-22(24-19-12-11-17-8-4-9-18(17)15-19)20(14-16-6-2-1-3-7-16)25-23(27)21-10-5-13-28-21/h1-3,5-7,10-13,15,20H,4,8-9,14H2,(H,24,26)(H,25,27)/t20-/m1/s1. The molecule has 1 atom stereocenters. The van der Waals surface area contributed by atoms with Crippen LogP contribution < -0.4 is 10.6 Å². The first-order valence-corrected chi connectivity index (χ1v) is 9.50. The van der Waals surface area contributed by atoms with E-state index in [-0.39, 0.29) is 11.7 Å². The van der Waals surface area contributed by atoms with Crippen LogP contribution in [0.2, 0.25) is 0 Å². The molecule has 3 aromatic rings. The number of hydrogen-bond acceptors (Lipinski definition) is 3. The highest BCUT2D eigenvalue weighted by Crippen LogP contribution is 2.25. The van der Waals surface area contributed by atoms with E-state index in [1.165, 1.54) is 17.4 Å². The summed E-state index contributed by atoms with van der Waals surface area (Å²) in [6.07, 6.45) is 5.12. The molecule has 0 spiro atoms. The Bertz CT molecular complexity index is 965. The molecular formula is C23H22N2O3. The fourth-order valence-electron chi connectivity index (χ4n) is 3.58. The average Bonchev–Trinajstić information content (AvgIpc) is 3.40. The summed E-state index contributed by atoms with van der Waals surface area (Å²) in [5.41, 5.74) is 4.37. The van der Waals surface area contributed by atoms with Gasteiger partial charge in [-0.15, -0.1) is 0 Å². The SMILES string of the molecule is O=C(N[C@H](Cc1ccccc1)C(=O)Nc1ccc2c(c1)CCC2)c1ccco1. The van der Waals surface area contributed by atoms with Crippen LogP contribution in [-0.2, 0) is 24.1 Å². The van der Waals surface area contributed by atoms with E-state index in [1.807, 2.05) is 42.5 Å². The molecule has 5 nitrogen and oxygen atoms in total. The molecule has 0 saturated carbocycles. The molecule has 1 aromatic heterocycles. The molecule has 1 aliphatic carbocycles. The van der Waals surface area contributed by atoms with Gasteiger partial charge in [0, 0.05) is 12.1 Å². The van der Waals surface area contributed by atoms with E-state index in [4.69, 9.17) is 4.42 Å². The first kappa shape index (κ1) is 18.0. The van der Waals surface area contributed by atoms with Crippen molar-refractivity contribution in [2.45, 2.75) is 31.7 Å². The fourth-order valence-corrected chi connectivity index (χ4v) is 3.58. The predicted octanol–water partition coefficient (Wildman–Crippen LogP) is 3.75. The fraction of sp³-hybridized carbons (Fsp3) is 0.217. The van der Waals surface area contributed by atoms with E-state index >= 15 is 0 Å². The number of anilines is 1.